The van der Waals surface area contributed by atoms with Crippen molar-refractivity contribution >= 4 is 40.0 Å². The molecule has 0 N–H and O–H groups in total. The monoisotopic (exact) mass is 352 g/mol. The predicted octanol–water partition coefficient (Wildman–Crippen LogP) is 3.83. The molecule has 0 unspecified atom stereocenters. The highest BCUT2D eigenvalue weighted by Crippen LogP contribution is 2.27. The Morgan fingerprint density at radius 2 is 1.87 bits per heavy atom. The molecular weight excluding hydrogens is 350 g/mol. The van der Waals surface area contributed by atoms with Crippen molar-refractivity contribution < 1.29 is 22.4 Å². The minimum absolute atomic E-state index is 0.0573. The highest BCUT2D eigenvalue weighted by Gasteiger charge is 2.39. The molecule has 15 heavy (non-hydrogen) atoms. The molecule has 0 saturated heterocycles. The van der Waals surface area contributed by atoms with Gasteiger partial charge in [-0.2, -0.15) is 13.2 Å². The van der Waals surface area contributed by atoms with Crippen LogP contribution in [0.15, 0.2) is 12.1 Å². The first-order chi connectivity index (χ1) is 6.73. The average Bonchev–Trinajstić information content (AvgIpc) is 2.10. The molecule has 0 saturated carbocycles. The van der Waals surface area contributed by atoms with E-state index in [4.69, 9.17) is 11.6 Å². The largest absolute Gasteiger partial charge is 0.454 e. The molecule has 1 aromatic rings. The smallest absolute Gasteiger partial charge is 0.284 e. The Labute approximate surface area is 101 Å². The first-order valence-electron chi connectivity index (χ1n) is 3.49. The summed E-state index contributed by atoms with van der Waals surface area (Å²) in [5, 5.41) is -0.297. The van der Waals surface area contributed by atoms with Gasteiger partial charge in [0.05, 0.1) is 5.02 Å². The molecule has 0 amide bonds. The van der Waals surface area contributed by atoms with Crippen molar-refractivity contribution in [1.82, 2.24) is 0 Å². The highest BCUT2D eigenvalue weighted by molar-refractivity contribution is 14.1. The number of rotatable bonds is 1. The fourth-order valence-electron chi connectivity index (χ4n) is 0.850. The zero-order valence-electron chi connectivity index (χ0n) is 6.83. The Morgan fingerprint density at radius 1 is 1.33 bits per heavy atom. The third-order valence-electron chi connectivity index (χ3n) is 1.50. The van der Waals surface area contributed by atoms with Gasteiger partial charge in [-0.05, 0) is 34.7 Å². The van der Waals surface area contributed by atoms with Crippen LogP contribution in [-0.4, -0.2) is 12.0 Å². The van der Waals surface area contributed by atoms with Gasteiger partial charge in [0, 0.05) is 9.13 Å². The second-order valence-corrected chi connectivity index (χ2v) is 4.12. The van der Waals surface area contributed by atoms with Crippen LogP contribution in [-0.2, 0) is 0 Å². The molecule has 0 bridgehead atoms. The third kappa shape index (κ3) is 2.81. The molecule has 7 heteroatoms. The summed E-state index contributed by atoms with van der Waals surface area (Å²) < 4.78 is 49.0. The molecule has 0 spiro atoms. The van der Waals surface area contributed by atoms with Crippen molar-refractivity contribution in [2.75, 3.05) is 0 Å². The lowest BCUT2D eigenvalue weighted by Gasteiger charge is -2.06. The van der Waals surface area contributed by atoms with Crippen LogP contribution in [0.5, 0.6) is 0 Å². The minimum atomic E-state index is -5.01. The van der Waals surface area contributed by atoms with Crippen molar-refractivity contribution in [3.05, 3.63) is 32.1 Å². The summed E-state index contributed by atoms with van der Waals surface area (Å²) in [4.78, 5) is 10.7. The highest BCUT2D eigenvalue weighted by atomic mass is 127. The van der Waals surface area contributed by atoms with Gasteiger partial charge in [-0.15, -0.1) is 0 Å². The topological polar surface area (TPSA) is 17.1 Å². The zero-order valence-corrected chi connectivity index (χ0v) is 9.74. The van der Waals surface area contributed by atoms with Crippen LogP contribution in [0.4, 0.5) is 17.6 Å². The number of Topliss-reactive ketones (excluding diaryl/α,β-unsaturated/α-hetero) is 1. The summed E-state index contributed by atoms with van der Waals surface area (Å²) in [6.45, 7) is 0. The van der Waals surface area contributed by atoms with Gasteiger partial charge in [-0.25, -0.2) is 4.39 Å². The molecule has 0 heterocycles. The van der Waals surface area contributed by atoms with Crippen molar-refractivity contribution in [2.24, 2.45) is 0 Å². The van der Waals surface area contributed by atoms with Crippen LogP contribution in [0.1, 0.15) is 10.4 Å². The summed E-state index contributed by atoms with van der Waals surface area (Å²) in [6, 6.07) is 1.36. The number of hydrogen-bond acceptors (Lipinski definition) is 1. The van der Waals surface area contributed by atoms with E-state index in [9.17, 15) is 22.4 Å². The van der Waals surface area contributed by atoms with E-state index in [1.54, 1.807) is 22.6 Å². The van der Waals surface area contributed by atoms with E-state index in [2.05, 4.69) is 0 Å². The molecule has 1 nitrogen and oxygen atoms in total. The lowest BCUT2D eigenvalue weighted by Crippen LogP contribution is -2.23. The molecule has 0 aliphatic heterocycles. The number of alkyl halides is 3. The summed E-state index contributed by atoms with van der Waals surface area (Å²) >= 11 is 6.94. The van der Waals surface area contributed by atoms with E-state index in [1.807, 2.05) is 0 Å². The normalized spacial score (nSPS) is 11.6. The van der Waals surface area contributed by atoms with E-state index in [0.717, 1.165) is 6.07 Å². The van der Waals surface area contributed by atoms with Gasteiger partial charge in [-0.1, -0.05) is 11.6 Å². The number of ketones is 1. The second-order valence-electron chi connectivity index (χ2n) is 2.58. The maximum absolute atomic E-state index is 12.9. The van der Waals surface area contributed by atoms with Gasteiger partial charge < -0.3 is 0 Å². The van der Waals surface area contributed by atoms with E-state index < -0.39 is 23.3 Å². The summed E-state index contributed by atoms with van der Waals surface area (Å²) in [6.07, 6.45) is -5.01. The summed E-state index contributed by atoms with van der Waals surface area (Å²) in [7, 11) is 0. The lowest BCUT2D eigenvalue weighted by atomic mass is 10.1. The molecular formula is C8H2ClF4IO. The Kier molecular flexibility index (Phi) is 3.59. The fraction of sp³-hybridized carbons (Fsp3) is 0.125. The van der Waals surface area contributed by atoms with Gasteiger partial charge in [0.2, 0.25) is 0 Å². The molecule has 0 atom stereocenters. The molecule has 0 aliphatic carbocycles. The summed E-state index contributed by atoms with van der Waals surface area (Å²) in [5.41, 5.74) is -0.756. The van der Waals surface area contributed by atoms with Crippen LogP contribution < -0.4 is 0 Å². The minimum Gasteiger partial charge on any atom is -0.284 e. The van der Waals surface area contributed by atoms with Crippen molar-refractivity contribution in [2.45, 2.75) is 6.18 Å². The average molecular weight is 352 g/mol. The van der Waals surface area contributed by atoms with Gasteiger partial charge >= 0.3 is 6.18 Å². The third-order valence-corrected chi connectivity index (χ3v) is 3.06. The molecule has 1 rings (SSSR count). The molecule has 1 aromatic carbocycles. The quantitative estimate of drug-likeness (QED) is 0.325. The Morgan fingerprint density at radius 3 is 2.27 bits per heavy atom. The van der Waals surface area contributed by atoms with E-state index in [-0.39, 0.29) is 8.59 Å². The maximum atomic E-state index is 12.9. The molecule has 0 aliphatic rings. The first-order valence-corrected chi connectivity index (χ1v) is 4.95. The Hall–Kier alpha value is -0.370. The van der Waals surface area contributed by atoms with Crippen molar-refractivity contribution in [3.63, 3.8) is 0 Å². The zero-order chi connectivity index (χ0) is 11.8. The molecule has 0 radical (unpaired) electrons. The second kappa shape index (κ2) is 4.25. The number of carbonyl (C=O) groups excluding carboxylic acids is 1. The molecule has 82 valence electrons. The number of hydrogen-bond donors (Lipinski definition) is 0. The lowest BCUT2D eigenvalue weighted by molar-refractivity contribution is -0.0885. The van der Waals surface area contributed by atoms with Gasteiger partial charge in [0.1, 0.15) is 5.82 Å². The van der Waals surface area contributed by atoms with Crippen molar-refractivity contribution in [3.8, 4) is 0 Å². The van der Waals surface area contributed by atoms with E-state index in [1.165, 1.54) is 0 Å². The van der Waals surface area contributed by atoms with Crippen LogP contribution in [0.25, 0.3) is 0 Å². The number of benzene rings is 1. The van der Waals surface area contributed by atoms with Gasteiger partial charge in [0.25, 0.3) is 5.78 Å². The standard InChI is InChI=1S/C8H2ClF4IO/c9-6-4(10)1-3(2-5(6)14)7(15)8(11,12)13/h1-2H. The summed E-state index contributed by atoms with van der Waals surface area (Å²) in [5.74, 6) is -3.13. The van der Waals surface area contributed by atoms with Crippen LogP contribution in [0.3, 0.4) is 0 Å². The van der Waals surface area contributed by atoms with Gasteiger partial charge in [0.15, 0.2) is 0 Å². The van der Waals surface area contributed by atoms with E-state index >= 15 is 0 Å². The SMILES string of the molecule is O=C(c1cc(F)c(Cl)c(I)c1)C(F)(F)F. The number of halogens is 6. The van der Waals surface area contributed by atoms with Crippen molar-refractivity contribution in [1.29, 1.82) is 0 Å². The predicted molar refractivity (Wildman–Crippen MR) is 54.5 cm³/mol. The fourth-order valence-corrected chi connectivity index (χ4v) is 1.55. The Bertz CT molecular complexity index is 393. The number of carbonyl (C=O) groups is 1. The van der Waals surface area contributed by atoms with E-state index in [0.29, 0.717) is 6.07 Å². The van der Waals surface area contributed by atoms with Crippen LogP contribution in [0, 0.1) is 9.39 Å². The van der Waals surface area contributed by atoms with Crippen LogP contribution >= 0.6 is 34.2 Å². The first kappa shape index (κ1) is 12.7. The maximum Gasteiger partial charge on any atom is 0.454 e. The Balaban J connectivity index is 3.24. The molecule has 0 aromatic heterocycles. The van der Waals surface area contributed by atoms with Gasteiger partial charge in [-0.3, -0.25) is 4.79 Å². The molecule has 0 fully saturated rings. The van der Waals surface area contributed by atoms with Crippen LogP contribution in [0.2, 0.25) is 5.02 Å².